The maximum atomic E-state index is 12.7. The third kappa shape index (κ3) is 4.18. The molecule has 0 amide bonds. The molecule has 30 heavy (non-hydrogen) atoms. The number of halogens is 1. The highest BCUT2D eigenvalue weighted by molar-refractivity contribution is 7.98. The minimum Gasteiger partial charge on any atom is -0.290 e. The van der Waals surface area contributed by atoms with Crippen molar-refractivity contribution in [1.82, 2.24) is 9.55 Å². The zero-order valence-corrected chi connectivity index (χ0v) is 18.1. The van der Waals surface area contributed by atoms with Crippen molar-refractivity contribution in [2.24, 2.45) is 7.05 Å². The molecular weight excluding hydrogens is 416 g/mol. The highest BCUT2D eigenvalue weighted by atomic mass is 35.5. The van der Waals surface area contributed by atoms with Crippen LogP contribution >= 0.6 is 23.4 Å². The van der Waals surface area contributed by atoms with E-state index in [1.807, 2.05) is 49.4 Å². The monoisotopic (exact) mass is 434 g/mol. The number of aryl methyl sites for hydroxylation is 1. The van der Waals surface area contributed by atoms with E-state index in [0.717, 1.165) is 11.1 Å². The van der Waals surface area contributed by atoms with Crippen molar-refractivity contribution in [2.75, 3.05) is 0 Å². The predicted octanol–water partition coefficient (Wildman–Crippen LogP) is 5.42. The molecule has 6 heteroatoms. The summed E-state index contributed by atoms with van der Waals surface area (Å²) in [6.07, 6.45) is 0. The first-order valence-electron chi connectivity index (χ1n) is 9.42. The van der Waals surface area contributed by atoms with E-state index in [9.17, 15) is 9.59 Å². The molecule has 0 N–H and O–H groups in total. The quantitative estimate of drug-likeness (QED) is 0.239. The summed E-state index contributed by atoms with van der Waals surface area (Å²) in [4.78, 5) is 29.9. The van der Waals surface area contributed by atoms with Crippen LogP contribution in [0.3, 0.4) is 0 Å². The smallest absolute Gasteiger partial charge is 0.261 e. The Morgan fingerprint density at radius 1 is 1.00 bits per heavy atom. The van der Waals surface area contributed by atoms with Crippen molar-refractivity contribution >= 4 is 40.0 Å². The van der Waals surface area contributed by atoms with E-state index >= 15 is 0 Å². The lowest BCUT2D eigenvalue weighted by atomic mass is 10.0. The van der Waals surface area contributed by atoms with E-state index < -0.39 is 0 Å². The van der Waals surface area contributed by atoms with Gasteiger partial charge in [-0.3, -0.25) is 14.2 Å². The van der Waals surface area contributed by atoms with Crippen molar-refractivity contribution < 1.29 is 4.79 Å². The van der Waals surface area contributed by atoms with Gasteiger partial charge in [0, 0.05) is 29.0 Å². The molecule has 0 fully saturated rings. The first-order valence-corrected chi connectivity index (χ1v) is 10.8. The Morgan fingerprint density at radius 3 is 2.30 bits per heavy atom. The lowest BCUT2D eigenvalue weighted by Crippen LogP contribution is -2.20. The Hall–Kier alpha value is -2.89. The molecule has 0 aliphatic carbocycles. The molecule has 1 aromatic heterocycles. The van der Waals surface area contributed by atoms with Gasteiger partial charge in [0.05, 0.1) is 10.9 Å². The zero-order valence-electron chi connectivity index (χ0n) is 16.6. The van der Waals surface area contributed by atoms with Gasteiger partial charge in [-0.25, -0.2) is 4.98 Å². The number of aromatic nitrogens is 2. The number of nitrogens with zero attached hydrogens (tertiary/aromatic N) is 2. The fraction of sp³-hybridized carbons (Fsp3) is 0.125. The molecule has 0 unspecified atom stereocenters. The number of hydrogen-bond acceptors (Lipinski definition) is 4. The summed E-state index contributed by atoms with van der Waals surface area (Å²) in [5, 5.41) is 1.90. The SMILES string of the molecule is Cc1ccc2nc(SCc3ccc(C(=O)c4ccc(Cl)cc4)cc3)n(C)c(=O)c2c1. The van der Waals surface area contributed by atoms with Gasteiger partial charge in [0.25, 0.3) is 5.56 Å². The molecule has 0 spiro atoms. The van der Waals surface area contributed by atoms with Crippen LogP contribution < -0.4 is 5.56 Å². The summed E-state index contributed by atoms with van der Waals surface area (Å²) in [6, 6.07) is 20.1. The van der Waals surface area contributed by atoms with Gasteiger partial charge in [0.2, 0.25) is 0 Å². The maximum Gasteiger partial charge on any atom is 0.261 e. The van der Waals surface area contributed by atoms with E-state index in [0.29, 0.717) is 38.0 Å². The number of ketones is 1. The molecule has 1 heterocycles. The number of thioether (sulfide) groups is 1. The first kappa shape index (κ1) is 20.4. The highest BCUT2D eigenvalue weighted by Gasteiger charge is 2.11. The summed E-state index contributed by atoms with van der Waals surface area (Å²) in [7, 11) is 1.74. The van der Waals surface area contributed by atoms with Crippen LogP contribution in [-0.4, -0.2) is 15.3 Å². The van der Waals surface area contributed by atoms with Crippen molar-refractivity contribution in [3.05, 3.63) is 104 Å². The van der Waals surface area contributed by atoms with Crippen LogP contribution in [-0.2, 0) is 12.8 Å². The van der Waals surface area contributed by atoms with Crippen molar-refractivity contribution in [1.29, 1.82) is 0 Å². The third-order valence-electron chi connectivity index (χ3n) is 4.88. The topological polar surface area (TPSA) is 52.0 Å². The molecule has 0 saturated carbocycles. The molecule has 4 aromatic rings. The summed E-state index contributed by atoms with van der Waals surface area (Å²) < 4.78 is 1.59. The minimum absolute atomic E-state index is 0.0419. The second-order valence-corrected chi connectivity index (χ2v) is 8.48. The second kappa shape index (κ2) is 8.46. The average Bonchev–Trinajstić information content (AvgIpc) is 2.76. The molecule has 0 bridgehead atoms. The summed E-state index contributed by atoms with van der Waals surface area (Å²) in [5.41, 5.74) is 3.97. The van der Waals surface area contributed by atoms with Gasteiger partial charge in [-0.2, -0.15) is 0 Å². The Bertz CT molecular complexity index is 1300. The number of carbonyl (C=O) groups is 1. The number of carbonyl (C=O) groups excluding carboxylic acids is 1. The molecule has 0 saturated heterocycles. The van der Waals surface area contributed by atoms with E-state index in [1.165, 1.54) is 11.8 Å². The molecule has 0 radical (unpaired) electrons. The van der Waals surface area contributed by atoms with Crippen molar-refractivity contribution in [2.45, 2.75) is 17.8 Å². The minimum atomic E-state index is -0.0462. The van der Waals surface area contributed by atoms with Crippen LogP contribution in [0.15, 0.2) is 76.7 Å². The molecule has 150 valence electrons. The van der Waals surface area contributed by atoms with Gasteiger partial charge in [0.1, 0.15) is 0 Å². The lowest BCUT2D eigenvalue weighted by Gasteiger charge is -2.09. The summed E-state index contributed by atoms with van der Waals surface area (Å²) in [5.74, 6) is 0.604. The fourth-order valence-electron chi connectivity index (χ4n) is 3.16. The molecule has 0 aliphatic heterocycles. The van der Waals surface area contributed by atoms with Gasteiger partial charge in [-0.05, 0) is 48.9 Å². The lowest BCUT2D eigenvalue weighted by molar-refractivity contribution is 0.103. The number of fused-ring (bicyclic) bond motifs is 1. The van der Waals surface area contributed by atoms with Gasteiger partial charge >= 0.3 is 0 Å². The van der Waals surface area contributed by atoms with E-state index in [4.69, 9.17) is 11.6 Å². The fourth-order valence-corrected chi connectivity index (χ4v) is 4.22. The largest absolute Gasteiger partial charge is 0.290 e. The van der Waals surface area contributed by atoms with Crippen LogP contribution in [0, 0.1) is 6.92 Å². The molecule has 4 nitrogen and oxygen atoms in total. The van der Waals surface area contributed by atoms with Crippen molar-refractivity contribution in [3.63, 3.8) is 0 Å². The van der Waals surface area contributed by atoms with Gasteiger partial charge in [-0.15, -0.1) is 0 Å². The normalized spacial score (nSPS) is 11.0. The van der Waals surface area contributed by atoms with E-state index in [2.05, 4.69) is 4.98 Å². The maximum absolute atomic E-state index is 12.7. The van der Waals surface area contributed by atoms with Crippen LogP contribution in [0.5, 0.6) is 0 Å². The van der Waals surface area contributed by atoms with Gasteiger partial charge < -0.3 is 0 Å². The second-order valence-electron chi connectivity index (χ2n) is 7.10. The van der Waals surface area contributed by atoms with E-state index in [1.54, 1.807) is 35.9 Å². The summed E-state index contributed by atoms with van der Waals surface area (Å²) in [6.45, 7) is 1.96. The van der Waals surface area contributed by atoms with Gasteiger partial charge in [-0.1, -0.05) is 59.3 Å². The first-order chi connectivity index (χ1) is 14.4. The standard InChI is InChI=1S/C24H19ClN2O2S/c1-15-3-12-21-20(13-15)23(29)27(2)24(26-21)30-14-16-4-6-17(7-5-16)22(28)18-8-10-19(25)11-9-18/h3-13H,14H2,1-2H3. The van der Waals surface area contributed by atoms with Crippen LogP contribution in [0.2, 0.25) is 5.02 Å². The number of rotatable bonds is 5. The zero-order chi connectivity index (χ0) is 21.3. The van der Waals surface area contributed by atoms with Gasteiger partial charge in [0.15, 0.2) is 10.9 Å². The van der Waals surface area contributed by atoms with Crippen LogP contribution in [0.4, 0.5) is 0 Å². The molecule has 3 aromatic carbocycles. The Morgan fingerprint density at radius 2 is 1.63 bits per heavy atom. The third-order valence-corrected chi connectivity index (χ3v) is 6.23. The molecule has 4 rings (SSSR count). The Balaban J connectivity index is 1.51. The Labute approximate surface area is 183 Å². The molecular formula is C24H19ClN2O2S. The highest BCUT2D eigenvalue weighted by Crippen LogP contribution is 2.23. The van der Waals surface area contributed by atoms with Crippen LogP contribution in [0.1, 0.15) is 27.0 Å². The number of hydrogen-bond donors (Lipinski definition) is 0. The number of benzene rings is 3. The van der Waals surface area contributed by atoms with Crippen molar-refractivity contribution in [3.8, 4) is 0 Å². The molecule has 0 aliphatic rings. The molecule has 0 atom stereocenters. The average molecular weight is 435 g/mol. The Kier molecular flexibility index (Phi) is 5.75. The predicted molar refractivity (Wildman–Crippen MR) is 123 cm³/mol. The van der Waals surface area contributed by atoms with Crippen LogP contribution in [0.25, 0.3) is 10.9 Å². The van der Waals surface area contributed by atoms with E-state index in [-0.39, 0.29) is 11.3 Å². The summed E-state index contributed by atoms with van der Waals surface area (Å²) >= 11 is 7.39.